The second-order valence-electron chi connectivity index (χ2n) is 22.4. The number of hydrogen-bond acceptors (Lipinski definition) is 5. The molecule has 0 saturated carbocycles. The van der Waals surface area contributed by atoms with Gasteiger partial charge in [0.2, 0.25) is 5.91 Å². The van der Waals surface area contributed by atoms with E-state index in [2.05, 4.69) is 55.6 Å². The Morgan fingerprint density at radius 2 is 0.689 bits per heavy atom. The van der Waals surface area contributed by atoms with Gasteiger partial charge in [-0.05, 0) is 83.5 Å². The zero-order valence-corrected chi connectivity index (χ0v) is 49.6. The number of esters is 1. The Kier molecular flexibility index (Phi) is 61.5. The van der Waals surface area contributed by atoms with Gasteiger partial charge in [0, 0.05) is 12.8 Å². The summed E-state index contributed by atoms with van der Waals surface area (Å²) in [5.41, 5.74) is 0. The molecule has 0 saturated heterocycles. The number of aliphatic hydroxyl groups excluding tert-OH is 2. The monoisotopic (exact) mass is 1040 g/mol. The molecule has 6 heteroatoms. The van der Waals surface area contributed by atoms with E-state index < -0.39 is 12.1 Å². The summed E-state index contributed by atoms with van der Waals surface area (Å²) in [6, 6.07) is -0.634. The largest absolute Gasteiger partial charge is 0.466 e. The molecule has 0 aliphatic rings. The molecule has 0 aliphatic carbocycles. The van der Waals surface area contributed by atoms with Gasteiger partial charge in [0.15, 0.2) is 0 Å². The highest BCUT2D eigenvalue weighted by molar-refractivity contribution is 5.76. The fraction of sp³-hybridized carbons (Fsp3) is 0.853. The van der Waals surface area contributed by atoms with Crippen LogP contribution in [0.1, 0.15) is 348 Å². The van der Waals surface area contributed by atoms with E-state index in [1.54, 1.807) is 6.08 Å². The Labute approximate surface area is 461 Å². The van der Waals surface area contributed by atoms with Gasteiger partial charge >= 0.3 is 5.97 Å². The SMILES string of the molecule is CCCC/C=C\C/C=C\CCCCCCCC(=O)OCCCCCCCCCCCCCC/C=C\CCCCCCCCCC(=O)NC(CO)C(O)/C=C/CCCCCCCCCCCCCCCCCCCC. The van der Waals surface area contributed by atoms with Crippen LogP contribution in [0.5, 0.6) is 0 Å². The molecule has 0 aromatic rings. The van der Waals surface area contributed by atoms with Gasteiger partial charge in [0.05, 0.1) is 25.4 Å². The molecule has 0 aromatic carbocycles. The molecule has 0 radical (unpaired) electrons. The fourth-order valence-corrected chi connectivity index (χ4v) is 10.00. The third-order valence-electron chi connectivity index (χ3n) is 15.1. The molecule has 2 unspecified atom stereocenters. The van der Waals surface area contributed by atoms with Crippen molar-refractivity contribution in [2.45, 2.75) is 360 Å². The maximum atomic E-state index is 12.5. The molecular weight excluding hydrogens is 911 g/mol. The lowest BCUT2D eigenvalue weighted by Gasteiger charge is -2.20. The second kappa shape index (κ2) is 63.4. The zero-order valence-electron chi connectivity index (χ0n) is 49.6. The van der Waals surface area contributed by atoms with Crippen molar-refractivity contribution in [2.75, 3.05) is 13.2 Å². The summed E-state index contributed by atoms with van der Waals surface area (Å²) in [6.07, 6.45) is 81.6. The minimum Gasteiger partial charge on any atom is -0.466 e. The summed E-state index contributed by atoms with van der Waals surface area (Å²) in [4.78, 5) is 24.5. The van der Waals surface area contributed by atoms with Crippen LogP contribution in [0.15, 0.2) is 48.6 Å². The predicted octanol–water partition coefficient (Wildman–Crippen LogP) is 20.9. The van der Waals surface area contributed by atoms with Crippen LogP contribution >= 0.6 is 0 Å². The van der Waals surface area contributed by atoms with E-state index in [9.17, 15) is 19.8 Å². The van der Waals surface area contributed by atoms with Crippen LogP contribution in [0.3, 0.4) is 0 Å². The van der Waals surface area contributed by atoms with E-state index >= 15 is 0 Å². The number of ether oxygens (including phenoxy) is 1. The lowest BCUT2D eigenvalue weighted by atomic mass is 10.0. The van der Waals surface area contributed by atoms with Crippen LogP contribution in [0.4, 0.5) is 0 Å². The summed E-state index contributed by atoms with van der Waals surface area (Å²) in [6.45, 7) is 4.87. The number of allylic oxidation sites excluding steroid dienone is 7. The van der Waals surface area contributed by atoms with Gasteiger partial charge < -0.3 is 20.3 Å². The van der Waals surface area contributed by atoms with E-state index in [1.165, 1.54) is 263 Å². The second-order valence-corrected chi connectivity index (χ2v) is 22.4. The Morgan fingerprint density at radius 3 is 1.08 bits per heavy atom. The molecule has 3 N–H and O–H groups in total. The van der Waals surface area contributed by atoms with Crippen LogP contribution in [-0.4, -0.2) is 47.4 Å². The Morgan fingerprint density at radius 1 is 0.378 bits per heavy atom. The maximum absolute atomic E-state index is 12.5. The summed E-state index contributed by atoms with van der Waals surface area (Å²) >= 11 is 0. The molecule has 0 heterocycles. The normalized spacial score (nSPS) is 12.9. The van der Waals surface area contributed by atoms with Gasteiger partial charge in [-0.3, -0.25) is 9.59 Å². The Balaban J connectivity index is 3.45. The number of amides is 1. The molecule has 0 rings (SSSR count). The van der Waals surface area contributed by atoms with Crippen LogP contribution in [0.25, 0.3) is 0 Å². The van der Waals surface area contributed by atoms with E-state index in [4.69, 9.17) is 4.74 Å². The topological polar surface area (TPSA) is 95.9 Å². The Bertz CT molecular complexity index is 1240. The number of aliphatic hydroxyl groups is 2. The molecule has 6 nitrogen and oxygen atoms in total. The van der Waals surface area contributed by atoms with Gasteiger partial charge in [-0.15, -0.1) is 0 Å². The molecular formula is C68H127NO5. The summed E-state index contributed by atoms with van der Waals surface area (Å²) in [5.74, 6) is -0.0760. The number of rotatable bonds is 61. The van der Waals surface area contributed by atoms with Gasteiger partial charge in [-0.1, -0.05) is 300 Å². The third-order valence-corrected chi connectivity index (χ3v) is 15.1. The van der Waals surface area contributed by atoms with Gasteiger partial charge in [-0.25, -0.2) is 0 Å². The van der Waals surface area contributed by atoms with Gasteiger partial charge in [0.1, 0.15) is 0 Å². The molecule has 0 aromatic heterocycles. The molecule has 434 valence electrons. The van der Waals surface area contributed by atoms with Crippen molar-refractivity contribution < 1.29 is 24.5 Å². The van der Waals surface area contributed by atoms with Crippen LogP contribution in [0.2, 0.25) is 0 Å². The van der Waals surface area contributed by atoms with Crippen LogP contribution in [-0.2, 0) is 14.3 Å². The highest BCUT2D eigenvalue weighted by Crippen LogP contribution is 2.17. The smallest absolute Gasteiger partial charge is 0.305 e. The lowest BCUT2D eigenvalue weighted by molar-refractivity contribution is -0.143. The fourth-order valence-electron chi connectivity index (χ4n) is 10.00. The molecule has 2 atom stereocenters. The van der Waals surface area contributed by atoms with Crippen LogP contribution in [0, 0.1) is 0 Å². The zero-order chi connectivity index (χ0) is 53.6. The summed E-state index contributed by atoms with van der Waals surface area (Å²) < 4.78 is 5.47. The van der Waals surface area contributed by atoms with Gasteiger partial charge in [-0.2, -0.15) is 0 Å². The number of carbonyl (C=O) groups excluding carboxylic acids is 2. The van der Waals surface area contributed by atoms with Crippen molar-refractivity contribution in [3.05, 3.63) is 48.6 Å². The van der Waals surface area contributed by atoms with Crippen molar-refractivity contribution in [1.29, 1.82) is 0 Å². The van der Waals surface area contributed by atoms with Crippen molar-refractivity contribution in [3.8, 4) is 0 Å². The van der Waals surface area contributed by atoms with Crippen molar-refractivity contribution in [3.63, 3.8) is 0 Å². The number of hydrogen-bond donors (Lipinski definition) is 3. The highest BCUT2D eigenvalue weighted by Gasteiger charge is 2.18. The van der Waals surface area contributed by atoms with E-state index in [0.29, 0.717) is 19.4 Å². The number of unbranched alkanes of at least 4 members (excludes halogenated alkanes) is 44. The minimum atomic E-state index is -0.850. The molecule has 0 aliphatic heterocycles. The molecule has 1 amide bonds. The third kappa shape index (κ3) is 59.1. The van der Waals surface area contributed by atoms with Crippen molar-refractivity contribution in [2.24, 2.45) is 0 Å². The van der Waals surface area contributed by atoms with Crippen molar-refractivity contribution >= 4 is 11.9 Å². The average molecular weight is 1040 g/mol. The quantitative estimate of drug-likeness (QED) is 0.0320. The number of carbonyl (C=O) groups is 2. The Hall–Kier alpha value is -2.18. The lowest BCUT2D eigenvalue weighted by Crippen LogP contribution is -2.45. The first-order valence-electron chi connectivity index (χ1n) is 32.9. The minimum absolute atomic E-state index is 0.00373. The molecule has 0 bridgehead atoms. The first-order chi connectivity index (χ1) is 36.5. The molecule has 0 spiro atoms. The first kappa shape index (κ1) is 71.8. The standard InChI is InChI=1S/C68H127NO5/c1-3-5-7-9-11-13-15-17-19-20-21-27-30-33-36-40-44-48-52-56-60-66(71)65(64-70)69-67(72)61-57-53-49-45-41-37-34-31-28-25-23-22-24-26-29-32-35-39-43-47-51-55-59-63-74-68(73)62-58-54-50-46-42-38-18-16-14-12-10-8-6-4-2/h10,12,16,18,25,28,56,60,65-66,70-71H,3-9,11,13-15,17,19-24,26-27,29-55,57-59,61-64H2,1-2H3,(H,69,72)/b12-10-,18-16-,28-25-,60-56+. The predicted molar refractivity (Wildman–Crippen MR) is 324 cm³/mol. The average Bonchev–Trinajstić information content (AvgIpc) is 3.40. The summed E-state index contributed by atoms with van der Waals surface area (Å²) in [7, 11) is 0. The van der Waals surface area contributed by atoms with Gasteiger partial charge in [0.25, 0.3) is 0 Å². The van der Waals surface area contributed by atoms with E-state index in [-0.39, 0.29) is 18.5 Å². The number of nitrogens with one attached hydrogen (secondary N) is 1. The van der Waals surface area contributed by atoms with Crippen LogP contribution < -0.4 is 5.32 Å². The maximum Gasteiger partial charge on any atom is 0.305 e. The summed E-state index contributed by atoms with van der Waals surface area (Å²) in [5, 5.41) is 23.2. The molecule has 0 fully saturated rings. The van der Waals surface area contributed by atoms with E-state index in [0.717, 1.165) is 57.8 Å². The highest BCUT2D eigenvalue weighted by atomic mass is 16.5. The molecule has 74 heavy (non-hydrogen) atoms. The van der Waals surface area contributed by atoms with E-state index in [1.807, 2.05) is 6.08 Å². The first-order valence-corrected chi connectivity index (χ1v) is 32.9. The van der Waals surface area contributed by atoms with Crippen molar-refractivity contribution in [1.82, 2.24) is 5.32 Å².